The van der Waals surface area contributed by atoms with E-state index in [9.17, 15) is 18.0 Å². The van der Waals surface area contributed by atoms with E-state index in [0.717, 1.165) is 38.3 Å². The molecule has 0 atom stereocenters. The van der Waals surface area contributed by atoms with E-state index in [2.05, 4.69) is 21.9 Å². The van der Waals surface area contributed by atoms with Gasteiger partial charge in [-0.05, 0) is 61.5 Å². The number of piperazine rings is 1. The highest BCUT2D eigenvalue weighted by atomic mass is 35.5. The highest BCUT2D eigenvalue weighted by Gasteiger charge is 2.18. The number of rotatable bonds is 5. The molecule has 2 aromatic carbocycles. The van der Waals surface area contributed by atoms with Crippen LogP contribution in [-0.4, -0.2) is 52.8 Å². The fourth-order valence-electron chi connectivity index (χ4n) is 3.82. The minimum Gasteiger partial charge on any atom is -0.304 e. The van der Waals surface area contributed by atoms with Gasteiger partial charge in [0.1, 0.15) is 5.82 Å². The normalized spacial score (nSPS) is 14.4. The number of nitrogens with zero attached hydrogens (tertiary/aromatic N) is 4. The number of benzene rings is 2. The van der Waals surface area contributed by atoms with Crippen LogP contribution < -0.4 is 5.56 Å². The topological polar surface area (TPSA) is 41.4 Å². The lowest BCUT2D eigenvalue weighted by molar-refractivity contribution is 0.147. The SMILES string of the molecule is Cc1cc(-c2cc(CN3CCN(C)CC3)c(=O)n(Cc3ccc(F)c(F)c3)n2)ccc1F.Cl.Cl. The van der Waals surface area contributed by atoms with Crippen molar-refractivity contribution < 1.29 is 13.2 Å². The molecule has 184 valence electrons. The summed E-state index contributed by atoms with van der Waals surface area (Å²) in [6, 6.07) is 9.96. The highest BCUT2D eigenvalue weighted by molar-refractivity contribution is 5.85. The third kappa shape index (κ3) is 6.39. The maximum atomic E-state index is 13.8. The summed E-state index contributed by atoms with van der Waals surface area (Å²) in [6.45, 7) is 5.64. The van der Waals surface area contributed by atoms with Gasteiger partial charge in [0.15, 0.2) is 11.6 Å². The van der Waals surface area contributed by atoms with Crippen LogP contribution in [0.3, 0.4) is 0 Å². The van der Waals surface area contributed by atoms with Crippen LogP contribution in [0.15, 0.2) is 47.3 Å². The molecular weight excluding hydrogens is 488 g/mol. The van der Waals surface area contributed by atoms with Gasteiger partial charge in [0.25, 0.3) is 5.56 Å². The number of hydrogen-bond acceptors (Lipinski definition) is 4. The summed E-state index contributed by atoms with van der Waals surface area (Å²) in [5.74, 6) is -2.24. The highest BCUT2D eigenvalue weighted by Crippen LogP contribution is 2.21. The minimum absolute atomic E-state index is 0. The van der Waals surface area contributed by atoms with E-state index in [1.165, 1.54) is 16.8 Å². The average molecular weight is 515 g/mol. The van der Waals surface area contributed by atoms with Crippen molar-refractivity contribution in [1.82, 2.24) is 19.6 Å². The lowest BCUT2D eigenvalue weighted by atomic mass is 10.1. The summed E-state index contributed by atoms with van der Waals surface area (Å²) in [7, 11) is 2.06. The smallest absolute Gasteiger partial charge is 0.271 e. The molecule has 0 radical (unpaired) electrons. The summed E-state index contributed by atoms with van der Waals surface area (Å²) in [4.78, 5) is 17.6. The van der Waals surface area contributed by atoms with Crippen molar-refractivity contribution in [3.05, 3.63) is 87.0 Å². The van der Waals surface area contributed by atoms with Crippen LogP contribution >= 0.6 is 24.8 Å². The van der Waals surface area contributed by atoms with Crippen molar-refractivity contribution in [2.24, 2.45) is 0 Å². The Hall–Kier alpha value is -2.39. The molecule has 5 nitrogen and oxygen atoms in total. The Labute approximate surface area is 209 Å². The fraction of sp³-hybridized carbons (Fsp3) is 0.333. The first-order chi connectivity index (χ1) is 15.3. The van der Waals surface area contributed by atoms with Crippen LogP contribution in [0.1, 0.15) is 16.7 Å². The van der Waals surface area contributed by atoms with Gasteiger partial charge in [0, 0.05) is 43.9 Å². The molecule has 0 amide bonds. The van der Waals surface area contributed by atoms with Gasteiger partial charge < -0.3 is 4.90 Å². The zero-order valence-electron chi connectivity index (χ0n) is 18.9. The van der Waals surface area contributed by atoms with Crippen LogP contribution in [0.4, 0.5) is 13.2 Å². The van der Waals surface area contributed by atoms with Crippen molar-refractivity contribution >= 4 is 24.8 Å². The molecule has 0 bridgehead atoms. The Balaban J connectivity index is 0.00000204. The van der Waals surface area contributed by atoms with Gasteiger partial charge in [0.05, 0.1) is 12.2 Å². The second-order valence-electron chi connectivity index (χ2n) is 8.31. The zero-order chi connectivity index (χ0) is 22.8. The van der Waals surface area contributed by atoms with Crippen LogP contribution in [-0.2, 0) is 13.1 Å². The summed E-state index contributed by atoms with van der Waals surface area (Å²) in [5, 5.41) is 4.47. The standard InChI is InChI=1S/C24H25F3N4O.2ClH/c1-16-11-18(4-6-20(16)25)23-13-19(15-30-9-7-29(2)8-10-30)24(32)31(28-23)14-17-3-5-21(26)22(27)12-17;;/h3-6,11-13H,7-10,14-15H2,1-2H3;2*1H. The molecular formula is C24H27Cl2F3N4O. The first kappa shape index (κ1) is 27.9. The molecule has 4 rings (SSSR count). The fourth-order valence-corrected chi connectivity index (χ4v) is 3.82. The maximum Gasteiger partial charge on any atom is 0.271 e. The Kier molecular flexibility index (Phi) is 9.70. The molecule has 34 heavy (non-hydrogen) atoms. The third-order valence-corrected chi connectivity index (χ3v) is 5.81. The van der Waals surface area contributed by atoms with Gasteiger partial charge in [-0.2, -0.15) is 5.10 Å². The lowest BCUT2D eigenvalue weighted by Crippen LogP contribution is -2.45. The summed E-state index contributed by atoms with van der Waals surface area (Å²) >= 11 is 0. The van der Waals surface area contributed by atoms with E-state index < -0.39 is 11.6 Å². The van der Waals surface area contributed by atoms with Crippen molar-refractivity contribution in [3.8, 4) is 11.3 Å². The molecule has 0 N–H and O–H groups in total. The Morgan fingerprint density at radius 3 is 2.18 bits per heavy atom. The molecule has 1 aliphatic heterocycles. The van der Waals surface area contributed by atoms with Crippen LogP contribution in [0, 0.1) is 24.4 Å². The van der Waals surface area contributed by atoms with Gasteiger partial charge >= 0.3 is 0 Å². The van der Waals surface area contributed by atoms with Crippen molar-refractivity contribution in [1.29, 1.82) is 0 Å². The molecule has 1 aromatic heterocycles. The molecule has 10 heteroatoms. The van der Waals surface area contributed by atoms with Crippen molar-refractivity contribution in [3.63, 3.8) is 0 Å². The molecule has 0 aliphatic carbocycles. The minimum atomic E-state index is -0.974. The first-order valence-corrected chi connectivity index (χ1v) is 10.5. The summed E-state index contributed by atoms with van der Waals surface area (Å²) < 4.78 is 42.1. The lowest BCUT2D eigenvalue weighted by Gasteiger charge is -2.32. The van der Waals surface area contributed by atoms with E-state index in [-0.39, 0.29) is 42.7 Å². The Bertz CT molecular complexity index is 1200. The molecule has 0 saturated carbocycles. The van der Waals surface area contributed by atoms with Crippen molar-refractivity contribution in [2.45, 2.75) is 20.0 Å². The number of aromatic nitrogens is 2. The van der Waals surface area contributed by atoms with E-state index in [4.69, 9.17) is 0 Å². The average Bonchev–Trinajstić information content (AvgIpc) is 2.77. The van der Waals surface area contributed by atoms with E-state index in [1.54, 1.807) is 25.1 Å². The molecule has 0 spiro atoms. The van der Waals surface area contributed by atoms with Gasteiger partial charge in [-0.3, -0.25) is 9.69 Å². The summed E-state index contributed by atoms with van der Waals surface area (Å²) in [6.07, 6.45) is 0. The molecule has 3 aromatic rings. The number of aryl methyl sites for hydroxylation is 1. The Morgan fingerprint density at radius 2 is 1.53 bits per heavy atom. The molecule has 1 fully saturated rings. The van der Waals surface area contributed by atoms with Gasteiger partial charge in [0.2, 0.25) is 0 Å². The molecule has 0 unspecified atom stereocenters. The predicted molar refractivity (Wildman–Crippen MR) is 131 cm³/mol. The second kappa shape index (κ2) is 11.8. The van der Waals surface area contributed by atoms with E-state index >= 15 is 0 Å². The van der Waals surface area contributed by atoms with E-state index in [0.29, 0.717) is 34.5 Å². The largest absolute Gasteiger partial charge is 0.304 e. The molecule has 1 aliphatic rings. The van der Waals surface area contributed by atoms with Gasteiger partial charge in [-0.25, -0.2) is 17.9 Å². The Morgan fingerprint density at radius 1 is 0.853 bits per heavy atom. The summed E-state index contributed by atoms with van der Waals surface area (Å²) in [5.41, 5.74) is 2.39. The zero-order valence-corrected chi connectivity index (χ0v) is 20.6. The van der Waals surface area contributed by atoms with Gasteiger partial charge in [-0.1, -0.05) is 6.07 Å². The number of hydrogen-bond donors (Lipinski definition) is 0. The quantitative estimate of drug-likeness (QED) is 0.509. The first-order valence-electron chi connectivity index (χ1n) is 10.5. The second-order valence-corrected chi connectivity index (χ2v) is 8.31. The van der Waals surface area contributed by atoms with Crippen LogP contribution in [0.2, 0.25) is 0 Å². The third-order valence-electron chi connectivity index (χ3n) is 5.81. The van der Waals surface area contributed by atoms with Crippen LogP contribution in [0.25, 0.3) is 11.3 Å². The van der Waals surface area contributed by atoms with Crippen LogP contribution in [0.5, 0.6) is 0 Å². The van der Waals surface area contributed by atoms with E-state index in [1.807, 2.05) is 0 Å². The predicted octanol–water partition coefficient (Wildman–Crippen LogP) is 4.28. The van der Waals surface area contributed by atoms with Crippen molar-refractivity contribution in [2.75, 3.05) is 33.2 Å². The molecule has 2 heterocycles. The monoisotopic (exact) mass is 514 g/mol. The van der Waals surface area contributed by atoms with Gasteiger partial charge in [-0.15, -0.1) is 24.8 Å². The maximum absolute atomic E-state index is 13.8. The number of halogens is 5. The number of likely N-dealkylation sites (N-methyl/N-ethyl adjacent to an activating group) is 1. The molecule has 1 saturated heterocycles.